The van der Waals surface area contributed by atoms with Crippen molar-refractivity contribution in [2.24, 2.45) is 5.73 Å². The zero-order valence-electron chi connectivity index (χ0n) is 7.51. The van der Waals surface area contributed by atoms with E-state index in [1.165, 1.54) is 0 Å². The molecule has 0 aliphatic rings. The van der Waals surface area contributed by atoms with Crippen molar-refractivity contribution in [3.05, 3.63) is 28.0 Å². The summed E-state index contributed by atoms with van der Waals surface area (Å²) in [7, 11) is 0. The van der Waals surface area contributed by atoms with E-state index in [-0.39, 0.29) is 6.04 Å². The first-order chi connectivity index (χ1) is 6.58. The maximum atomic E-state index is 5.97. The molecule has 0 saturated carbocycles. The summed E-state index contributed by atoms with van der Waals surface area (Å²) >= 11 is 11.8. The molecule has 2 aromatic rings. The molecule has 5 heteroatoms. The molecule has 1 heterocycles. The Kier molecular flexibility index (Phi) is 2.39. The van der Waals surface area contributed by atoms with E-state index in [1.807, 2.05) is 6.92 Å². The number of fused-ring (bicyclic) bond motifs is 1. The van der Waals surface area contributed by atoms with Crippen molar-refractivity contribution < 1.29 is 0 Å². The first-order valence-corrected chi connectivity index (χ1v) is 4.94. The summed E-state index contributed by atoms with van der Waals surface area (Å²) in [5.41, 5.74) is 7.22. The van der Waals surface area contributed by atoms with Crippen molar-refractivity contribution in [1.82, 2.24) is 9.97 Å². The van der Waals surface area contributed by atoms with E-state index in [1.54, 1.807) is 12.1 Å². The normalized spacial score (nSPS) is 13.4. The molecule has 0 saturated heterocycles. The van der Waals surface area contributed by atoms with Crippen molar-refractivity contribution in [3.8, 4) is 0 Å². The Morgan fingerprint density at radius 3 is 2.79 bits per heavy atom. The Bertz CT molecular complexity index is 476. The van der Waals surface area contributed by atoms with Gasteiger partial charge in [-0.3, -0.25) is 0 Å². The van der Waals surface area contributed by atoms with E-state index in [2.05, 4.69) is 9.97 Å². The minimum Gasteiger partial charge on any atom is -0.341 e. The summed E-state index contributed by atoms with van der Waals surface area (Å²) in [5, 5.41) is 1.12. The molecule has 0 amide bonds. The molecule has 3 N–H and O–H groups in total. The summed E-state index contributed by atoms with van der Waals surface area (Å²) in [4.78, 5) is 7.35. The quantitative estimate of drug-likeness (QED) is 0.791. The van der Waals surface area contributed by atoms with Crippen LogP contribution in [0.15, 0.2) is 12.1 Å². The lowest BCUT2D eigenvalue weighted by Crippen LogP contribution is -2.06. The van der Waals surface area contributed by atoms with Gasteiger partial charge in [0, 0.05) is 5.02 Å². The van der Waals surface area contributed by atoms with E-state index in [4.69, 9.17) is 28.9 Å². The minimum atomic E-state index is -0.141. The van der Waals surface area contributed by atoms with Crippen molar-refractivity contribution in [2.45, 2.75) is 13.0 Å². The third-order valence-electron chi connectivity index (χ3n) is 1.95. The van der Waals surface area contributed by atoms with Crippen LogP contribution < -0.4 is 5.73 Å². The number of nitrogens with one attached hydrogen (secondary N) is 1. The number of H-pyrrole nitrogens is 1. The van der Waals surface area contributed by atoms with Crippen LogP contribution in [0.3, 0.4) is 0 Å². The zero-order chi connectivity index (χ0) is 10.3. The molecule has 1 atom stereocenters. The van der Waals surface area contributed by atoms with Gasteiger partial charge in [0.1, 0.15) is 11.3 Å². The van der Waals surface area contributed by atoms with Crippen LogP contribution in [0.4, 0.5) is 0 Å². The Morgan fingerprint density at radius 2 is 2.14 bits per heavy atom. The Hall–Kier alpha value is -0.770. The van der Waals surface area contributed by atoms with Crippen LogP contribution in [0.2, 0.25) is 10.0 Å². The van der Waals surface area contributed by atoms with Gasteiger partial charge in [0.05, 0.1) is 16.6 Å². The average Bonchev–Trinajstić information content (AvgIpc) is 2.47. The second-order valence-corrected chi connectivity index (χ2v) is 4.04. The van der Waals surface area contributed by atoms with Gasteiger partial charge in [-0.1, -0.05) is 23.2 Å². The van der Waals surface area contributed by atoms with E-state index in [9.17, 15) is 0 Å². The summed E-state index contributed by atoms with van der Waals surface area (Å²) in [6.07, 6.45) is 0. The number of benzene rings is 1. The van der Waals surface area contributed by atoms with E-state index < -0.39 is 0 Å². The number of aromatic amines is 1. The second-order valence-electron chi connectivity index (χ2n) is 3.19. The monoisotopic (exact) mass is 229 g/mol. The van der Waals surface area contributed by atoms with Crippen LogP contribution >= 0.6 is 23.2 Å². The van der Waals surface area contributed by atoms with Crippen molar-refractivity contribution in [1.29, 1.82) is 0 Å². The van der Waals surface area contributed by atoms with Crippen LogP contribution in [0.25, 0.3) is 11.0 Å². The molecule has 74 valence electrons. The minimum absolute atomic E-state index is 0.141. The Morgan fingerprint density at radius 1 is 1.43 bits per heavy atom. The fraction of sp³-hybridized carbons (Fsp3) is 0.222. The molecular formula is C9H9Cl2N3. The first kappa shape index (κ1) is 9.77. The number of hydrogen-bond acceptors (Lipinski definition) is 2. The molecule has 0 unspecified atom stereocenters. The fourth-order valence-corrected chi connectivity index (χ4v) is 1.81. The molecule has 0 spiro atoms. The molecule has 1 aromatic carbocycles. The number of aromatic nitrogens is 2. The van der Waals surface area contributed by atoms with Crippen LogP contribution in [0.1, 0.15) is 18.8 Å². The van der Waals surface area contributed by atoms with Gasteiger partial charge in [-0.25, -0.2) is 4.98 Å². The van der Waals surface area contributed by atoms with Gasteiger partial charge in [0.15, 0.2) is 0 Å². The molecular weight excluding hydrogens is 221 g/mol. The lowest BCUT2D eigenvalue weighted by Gasteiger charge is -1.96. The number of rotatable bonds is 1. The highest BCUT2D eigenvalue weighted by Crippen LogP contribution is 2.26. The van der Waals surface area contributed by atoms with E-state index in [0.29, 0.717) is 21.4 Å². The van der Waals surface area contributed by atoms with Crippen LogP contribution in [-0.2, 0) is 0 Å². The maximum Gasteiger partial charge on any atom is 0.124 e. The predicted molar refractivity (Wildman–Crippen MR) is 58.7 cm³/mol. The smallest absolute Gasteiger partial charge is 0.124 e. The standard InChI is InChI=1S/C9H9Cl2N3/c1-4(12)9-13-7-3-5(10)2-6(11)8(7)14-9/h2-4H,12H2,1H3,(H,13,14)/t4-/m0/s1. The second kappa shape index (κ2) is 3.42. The summed E-state index contributed by atoms with van der Waals surface area (Å²) in [6.45, 7) is 1.85. The highest BCUT2D eigenvalue weighted by molar-refractivity contribution is 6.38. The molecule has 0 aliphatic heterocycles. The van der Waals surface area contributed by atoms with E-state index >= 15 is 0 Å². The fourth-order valence-electron chi connectivity index (χ4n) is 1.28. The number of nitrogens with zero attached hydrogens (tertiary/aromatic N) is 1. The number of halogens is 2. The van der Waals surface area contributed by atoms with Crippen molar-refractivity contribution >= 4 is 34.2 Å². The van der Waals surface area contributed by atoms with Crippen LogP contribution in [0, 0.1) is 0 Å². The highest BCUT2D eigenvalue weighted by Gasteiger charge is 2.09. The predicted octanol–water partition coefficient (Wildman–Crippen LogP) is 2.89. The molecule has 1 aromatic heterocycles. The lowest BCUT2D eigenvalue weighted by atomic mass is 10.3. The van der Waals surface area contributed by atoms with Gasteiger partial charge in [0.25, 0.3) is 0 Å². The summed E-state index contributed by atoms with van der Waals surface area (Å²) < 4.78 is 0. The topological polar surface area (TPSA) is 54.7 Å². The molecule has 2 rings (SSSR count). The number of hydrogen-bond donors (Lipinski definition) is 2. The van der Waals surface area contributed by atoms with Gasteiger partial charge in [-0.15, -0.1) is 0 Å². The van der Waals surface area contributed by atoms with Gasteiger partial charge in [0.2, 0.25) is 0 Å². The molecule has 3 nitrogen and oxygen atoms in total. The average molecular weight is 230 g/mol. The molecule has 0 bridgehead atoms. The van der Waals surface area contributed by atoms with Gasteiger partial charge >= 0.3 is 0 Å². The van der Waals surface area contributed by atoms with Gasteiger partial charge < -0.3 is 10.7 Å². The maximum absolute atomic E-state index is 5.97. The lowest BCUT2D eigenvalue weighted by molar-refractivity contribution is 0.760. The van der Waals surface area contributed by atoms with Crippen molar-refractivity contribution in [2.75, 3.05) is 0 Å². The molecule has 0 radical (unpaired) electrons. The van der Waals surface area contributed by atoms with Crippen LogP contribution in [-0.4, -0.2) is 9.97 Å². The Labute approximate surface area is 91.2 Å². The van der Waals surface area contributed by atoms with Gasteiger partial charge in [-0.2, -0.15) is 0 Å². The Balaban J connectivity index is 2.70. The number of imidazole rings is 1. The molecule has 14 heavy (non-hydrogen) atoms. The number of nitrogens with two attached hydrogens (primary N) is 1. The molecule has 0 fully saturated rings. The van der Waals surface area contributed by atoms with Crippen molar-refractivity contribution in [3.63, 3.8) is 0 Å². The third kappa shape index (κ3) is 1.59. The SMILES string of the molecule is C[C@H](N)c1nc2c(Cl)cc(Cl)cc2[nH]1. The summed E-state index contributed by atoms with van der Waals surface area (Å²) in [5.74, 6) is 0.712. The highest BCUT2D eigenvalue weighted by atomic mass is 35.5. The zero-order valence-corrected chi connectivity index (χ0v) is 9.02. The van der Waals surface area contributed by atoms with E-state index in [0.717, 1.165) is 5.52 Å². The van der Waals surface area contributed by atoms with Crippen LogP contribution in [0.5, 0.6) is 0 Å². The first-order valence-electron chi connectivity index (χ1n) is 4.18. The largest absolute Gasteiger partial charge is 0.341 e. The van der Waals surface area contributed by atoms with Gasteiger partial charge in [-0.05, 0) is 19.1 Å². The summed E-state index contributed by atoms with van der Waals surface area (Å²) in [6, 6.07) is 3.30. The molecule has 0 aliphatic carbocycles. The third-order valence-corrected chi connectivity index (χ3v) is 2.46.